The van der Waals surface area contributed by atoms with Crippen LogP contribution in [-0.2, 0) is 5.60 Å². The second-order valence-corrected chi connectivity index (χ2v) is 5.93. The third-order valence-electron chi connectivity index (χ3n) is 4.10. The SMILES string of the molecule is Cc1ccc(C)c(C(C)(O)CCN2CCNCC2)c1. The van der Waals surface area contributed by atoms with Crippen LogP contribution in [0.4, 0.5) is 0 Å². The van der Waals surface area contributed by atoms with Crippen LogP contribution in [0.5, 0.6) is 0 Å². The Balaban J connectivity index is 2.02. The molecule has 2 N–H and O–H groups in total. The summed E-state index contributed by atoms with van der Waals surface area (Å²) in [6.07, 6.45) is 0.789. The molecule has 1 atom stereocenters. The van der Waals surface area contributed by atoms with E-state index in [1.807, 2.05) is 6.92 Å². The first-order valence-electron chi connectivity index (χ1n) is 7.22. The summed E-state index contributed by atoms with van der Waals surface area (Å²) in [7, 11) is 0. The Kier molecular flexibility index (Phi) is 4.61. The minimum absolute atomic E-state index is 0.735. The van der Waals surface area contributed by atoms with Gasteiger partial charge in [-0.05, 0) is 38.3 Å². The molecule has 1 unspecified atom stereocenters. The van der Waals surface area contributed by atoms with Crippen molar-refractivity contribution >= 4 is 0 Å². The van der Waals surface area contributed by atoms with Crippen molar-refractivity contribution in [2.75, 3.05) is 32.7 Å². The highest BCUT2D eigenvalue weighted by Crippen LogP contribution is 2.28. The van der Waals surface area contributed by atoms with Gasteiger partial charge in [0.2, 0.25) is 0 Å². The van der Waals surface area contributed by atoms with Gasteiger partial charge in [0.15, 0.2) is 0 Å². The predicted octanol–water partition coefficient (Wildman–Crippen LogP) is 1.81. The maximum atomic E-state index is 10.8. The number of benzene rings is 1. The third-order valence-corrected chi connectivity index (χ3v) is 4.10. The molecule has 1 heterocycles. The molecule has 106 valence electrons. The molecule has 2 rings (SSSR count). The fourth-order valence-corrected chi connectivity index (χ4v) is 2.76. The normalized spacial score (nSPS) is 20.2. The van der Waals surface area contributed by atoms with E-state index in [-0.39, 0.29) is 0 Å². The van der Waals surface area contributed by atoms with Gasteiger partial charge in [0.05, 0.1) is 5.60 Å². The minimum atomic E-state index is -0.735. The maximum absolute atomic E-state index is 10.8. The number of piperazine rings is 1. The molecule has 1 aliphatic heterocycles. The molecule has 0 radical (unpaired) electrons. The van der Waals surface area contributed by atoms with Crippen molar-refractivity contribution < 1.29 is 5.11 Å². The highest BCUT2D eigenvalue weighted by Gasteiger charge is 2.26. The van der Waals surface area contributed by atoms with Crippen molar-refractivity contribution in [2.24, 2.45) is 0 Å². The second kappa shape index (κ2) is 6.04. The van der Waals surface area contributed by atoms with Gasteiger partial charge in [-0.15, -0.1) is 0 Å². The van der Waals surface area contributed by atoms with E-state index in [1.165, 1.54) is 11.1 Å². The molecular formula is C16H26N2O. The summed E-state index contributed by atoms with van der Waals surface area (Å²) in [4.78, 5) is 2.43. The number of aliphatic hydroxyl groups is 1. The van der Waals surface area contributed by atoms with E-state index in [2.05, 4.69) is 42.3 Å². The Labute approximate surface area is 116 Å². The summed E-state index contributed by atoms with van der Waals surface area (Å²) in [6.45, 7) is 11.4. The van der Waals surface area contributed by atoms with Crippen LogP contribution in [0.2, 0.25) is 0 Å². The van der Waals surface area contributed by atoms with Crippen LogP contribution in [0.15, 0.2) is 18.2 Å². The topological polar surface area (TPSA) is 35.5 Å². The Morgan fingerprint density at radius 2 is 1.95 bits per heavy atom. The van der Waals surface area contributed by atoms with Crippen molar-refractivity contribution in [3.05, 3.63) is 34.9 Å². The van der Waals surface area contributed by atoms with Crippen LogP contribution in [-0.4, -0.2) is 42.7 Å². The molecule has 1 fully saturated rings. The van der Waals surface area contributed by atoms with Crippen molar-refractivity contribution in [1.29, 1.82) is 0 Å². The number of hydrogen-bond acceptors (Lipinski definition) is 3. The van der Waals surface area contributed by atoms with Crippen LogP contribution in [0.1, 0.15) is 30.0 Å². The zero-order valence-corrected chi connectivity index (χ0v) is 12.4. The lowest BCUT2D eigenvalue weighted by atomic mass is 9.88. The average molecular weight is 262 g/mol. The van der Waals surface area contributed by atoms with Gasteiger partial charge in [0.1, 0.15) is 0 Å². The van der Waals surface area contributed by atoms with Crippen LogP contribution in [0, 0.1) is 13.8 Å². The van der Waals surface area contributed by atoms with Gasteiger partial charge < -0.3 is 15.3 Å². The lowest BCUT2D eigenvalue weighted by Crippen LogP contribution is -2.45. The molecule has 0 saturated carbocycles. The Morgan fingerprint density at radius 1 is 1.26 bits per heavy atom. The maximum Gasteiger partial charge on any atom is 0.0883 e. The van der Waals surface area contributed by atoms with Crippen molar-refractivity contribution in [2.45, 2.75) is 32.8 Å². The lowest BCUT2D eigenvalue weighted by molar-refractivity contribution is 0.0339. The van der Waals surface area contributed by atoms with Crippen molar-refractivity contribution in [1.82, 2.24) is 10.2 Å². The number of nitrogens with one attached hydrogen (secondary N) is 1. The Morgan fingerprint density at radius 3 is 2.63 bits per heavy atom. The first-order valence-corrected chi connectivity index (χ1v) is 7.22. The van der Waals surface area contributed by atoms with E-state index in [9.17, 15) is 5.11 Å². The van der Waals surface area contributed by atoms with Gasteiger partial charge in [0, 0.05) is 32.7 Å². The molecule has 0 aliphatic carbocycles. The highest BCUT2D eigenvalue weighted by atomic mass is 16.3. The van der Waals surface area contributed by atoms with E-state index in [0.29, 0.717) is 0 Å². The molecule has 1 aliphatic rings. The van der Waals surface area contributed by atoms with Gasteiger partial charge in [-0.25, -0.2) is 0 Å². The van der Waals surface area contributed by atoms with Gasteiger partial charge in [-0.1, -0.05) is 23.8 Å². The molecule has 0 spiro atoms. The molecule has 1 aromatic rings. The molecule has 3 heteroatoms. The van der Waals surface area contributed by atoms with E-state index < -0.39 is 5.60 Å². The van der Waals surface area contributed by atoms with Crippen molar-refractivity contribution in [3.63, 3.8) is 0 Å². The molecule has 3 nitrogen and oxygen atoms in total. The van der Waals surface area contributed by atoms with Gasteiger partial charge in [0.25, 0.3) is 0 Å². The van der Waals surface area contributed by atoms with Gasteiger partial charge in [-0.3, -0.25) is 0 Å². The summed E-state index contributed by atoms with van der Waals surface area (Å²) in [5, 5.41) is 14.1. The quantitative estimate of drug-likeness (QED) is 0.868. The van der Waals surface area contributed by atoms with Crippen LogP contribution >= 0.6 is 0 Å². The summed E-state index contributed by atoms with van der Waals surface area (Å²) >= 11 is 0. The largest absolute Gasteiger partial charge is 0.385 e. The fraction of sp³-hybridized carbons (Fsp3) is 0.625. The molecule has 0 bridgehead atoms. The minimum Gasteiger partial charge on any atom is -0.385 e. The Bertz CT molecular complexity index is 423. The monoisotopic (exact) mass is 262 g/mol. The highest BCUT2D eigenvalue weighted by molar-refractivity contribution is 5.34. The van der Waals surface area contributed by atoms with Gasteiger partial charge in [-0.2, -0.15) is 0 Å². The van der Waals surface area contributed by atoms with Gasteiger partial charge >= 0.3 is 0 Å². The van der Waals surface area contributed by atoms with E-state index in [1.54, 1.807) is 0 Å². The molecule has 0 aromatic heterocycles. The summed E-state index contributed by atoms with van der Waals surface area (Å²) in [5.41, 5.74) is 2.72. The summed E-state index contributed by atoms with van der Waals surface area (Å²) < 4.78 is 0. The second-order valence-electron chi connectivity index (χ2n) is 5.93. The summed E-state index contributed by atoms with van der Waals surface area (Å²) in [5.74, 6) is 0. The zero-order valence-electron chi connectivity index (χ0n) is 12.4. The fourth-order valence-electron chi connectivity index (χ4n) is 2.76. The average Bonchev–Trinajstić information content (AvgIpc) is 2.40. The first-order chi connectivity index (χ1) is 8.99. The lowest BCUT2D eigenvalue weighted by Gasteiger charge is -2.32. The molecule has 0 amide bonds. The van der Waals surface area contributed by atoms with Crippen LogP contribution in [0.3, 0.4) is 0 Å². The predicted molar refractivity (Wildman–Crippen MR) is 79.4 cm³/mol. The molecule has 1 aromatic carbocycles. The van der Waals surface area contributed by atoms with E-state index in [4.69, 9.17) is 0 Å². The number of hydrogen-bond donors (Lipinski definition) is 2. The molecular weight excluding hydrogens is 236 g/mol. The number of aryl methyl sites for hydroxylation is 2. The van der Waals surface area contributed by atoms with Crippen LogP contribution < -0.4 is 5.32 Å². The van der Waals surface area contributed by atoms with E-state index >= 15 is 0 Å². The standard InChI is InChI=1S/C16H26N2O/c1-13-4-5-14(2)15(12-13)16(3,19)6-9-18-10-7-17-8-11-18/h4-5,12,17,19H,6-11H2,1-3H3. The molecule has 1 saturated heterocycles. The van der Waals surface area contributed by atoms with E-state index in [0.717, 1.165) is 44.7 Å². The third kappa shape index (κ3) is 3.78. The van der Waals surface area contributed by atoms with Crippen molar-refractivity contribution in [3.8, 4) is 0 Å². The smallest absolute Gasteiger partial charge is 0.0883 e. The number of rotatable bonds is 4. The van der Waals surface area contributed by atoms with Crippen LogP contribution in [0.25, 0.3) is 0 Å². The molecule has 19 heavy (non-hydrogen) atoms. The zero-order chi connectivity index (χ0) is 13.9. The number of nitrogens with zero attached hydrogens (tertiary/aromatic N) is 1. The summed E-state index contributed by atoms with van der Waals surface area (Å²) in [6, 6.07) is 6.32. The Hall–Kier alpha value is -0.900. The first kappa shape index (κ1) is 14.5.